The Morgan fingerprint density at radius 1 is 1.54 bits per heavy atom. The van der Waals surface area contributed by atoms with Gasteiger partial charge >= 0.3 is 5.97 Å². The molecular formula is C9H16O4. The maximum atomic E-state index is 10.4. The number of carbonyl (C=O) groups excluding carboxylic acids is 2. The van der Waals surface area contributed by atoms with Crippen LogP contribution in [-0.2, 0) is 19.1 Å². The molecule has 76 valence electrons. The maximum absolute atomic E-state index is 10.4. The molecule has 0 atom stereocenters. The summed E-state index contributed by atoms with van der Waals surface area (Å²) in [6.45, 7) is 8.08. The molecule has 0 unspecified atom stereocenters. The second-order valence-corrected chi connectivity index (χ2v) is 2.56. The fourth-order valence-corrected chi connectivity index (χ4v) is 0.308. The molecule has 0 aromatic rings. The number of hydrogen-bond acceptors (Lipinski definition) is 4. The van der Waals surface area contributed by atoms with Crippen LogP contribution in [0, 0.1) is 5.92 Å². The lowest BCUT2D eigenvalue weighted by atomic mass is 10.2. The van der Waals surface area contributed by atoms with E-state index in [0.717, 1.165) is 0 Å². The van der Waals surface area contributed by atoms with E-state index in [4.69, 9.17) is 9.53 Å². The summed E-state index contributed by atoms with van der Waals surface area (Å²) in [6, 6.07) is 0. The van der Waals surface area contributed by atoms with Crippen LogP contribution in [0.2, 0.25) is 0 Å². The Morgan fingerprint density at radius 2 is 2.00 bits per heavy atom. The first-order chi connectivity index (χ1) is 6.08. The molecule has 0 aliphatic rings. The van der Waals surface area contributed by atoms with Crippen molar-refractivity contribution >= 4 is 12.4 Å². The zero-order chi connectivity index (χ0) is 10.7. The van der Waals surface area contributed by atoms with Crippen LogP contribution in [0.1, 0.15) is 13.8 Å². The van der Waals surface area contributed by atoms with Gasteiger partial charge in [-0.2, -0.15) is 0 Å². The van der Waals surface area contributed by atoms with Crippen LogP contribution in [0.15, 0.2) is 12.7 Å². The largest absolute Gasteiger partial charge is 0.471 e. The smallest absolute Gasteiger partial charge is 0.330 e. The van der Waals surface area contributed by atoms with Crippen molar-refractivity contribution in [2.75, 3.05) is 13.7 Å². The van der Waals surface area contributed by atoms with Crippen molar-refractivity contribution in [3.05, 3.63) is 12.7 Å². The molecule has 0 amide bonds. The van der Waals surface area contributed by atoms with Gasteiger partial charge in [-0.15, -0.1) is 0 Å². The summed E-state index contributed by atoms with van der Waals surface area (Å²) in [5.74, 6) is 0.0533. The van der Waals surface area contributed by atoms with E-state index in [1.165, 1.54) is 13.2 Å². The monoisotopic (exact) mass is 188 g/mol. The summed E-state index contributed by atoms with van der Waals surface area (Å²) in [6.07, 6.45) is 1.17. The third-order valence-electron chi connectivity index (χ3n) is 0.822. The van der Waals surface area contributed by atoms with Gasteiger partial charge in [0, 0.05) is 6.08 Å². The molecule has 0 heterocycles. The van der Waals surface area contributed by atoms with E-state index in [9.17, 15) is 4.79 Å². The Hall–Kier alpha value is -1.32. The number of methoxy groups -OCH3 is 1. The van der Waals surface area contributed by atoms with E-state index in [1.54, 1.807) is 0 Å². The molecule has 0 N–H and O–H groups in total. The SMILES string of the molecule is C=CC(=O)OCC(C)C.COC=O. The summed E-state index contributed by atoms with van der Waals surface area (Å²) in [5, 5.41) is 0. The highest BCUT2D eigenvalue weighted by molar-refractivity contribution is 5.81. The molecule has 0 saturated carbocycles. The fourth-order valence-electron chi connectivity index (χ4n) is 0.308. The fraction of sp³-hybridized carbons (Fsp3) is 0.556. The highest BCUT2D eigenvalue weighted by Gasteiger charge is 1.96. The van der Waals surface area contributed by atoms with Gasteiger partial charge in [0.15, 0.2) is 0 Å². The van der Waals surface area contributed by atoms with E-state index in [2.05, 4.69) is 11.3 Å². The standard InChI is InChI=1S/C7H12O2.C2H4O2/c1-4-7(8)9-5-6(2)3;1-4-2-3/h4,6H,1,5H2,2-3H3;2H,1H3. The minimum absolute atomic E-state index is 0.344. The number of ether oxygens (including phenoxy) is 2. The van der Waals surface area contributed by atoms with Crippen LogP contribution in [-0.4, -0.2) is 26.2 Å². The molecular weight excluding hydrogens is 172 g/mol. The summed E-state index contributed by atoms with van der Waals surface area (Å²) in [5.41, 5.74) is 0. The lowest BCUT2D eigenvalue weighted by Gasteiger charge is -2.02. The molecule has 0 rings (SSSR count). The van der Waals surface area contributed by atoms with Crippen molar-refractivity contribution in [2.45, 2.75) is 13.8 Å². The highest BCUT2D eigenvalue weighted by atomic mass is 16.5. The molecule has 4 heteroatoms. The van der Waals surface area contributed by atoms with Crippen molar-refractivity contribution in [1.82, 2.24) is 0 Å². The van der Waals surface area contributed by atoms with Crippen LogP contribution in [0.25, 0.3) is 0 Å². The highest BCUT2D eigenvalue weighted by Crippen LogP contribution is 1.92. The quantitative estimate of drug-likeness (QED) is 0.377. The summed E-state index contributed by atoms with van der Waals surface area (Å²) >= 11 is 0. The van der Waals surface area contributed by atoms with Crippen LogP contribution >= 0.6 is 0 Å². The third-order valence-corrected chi connectivity index (χ3v) is 0.822. The van der Waals surface area contributed by atoms with Gasteiger partial charge in [-0.3, -0.25) is 4.79 Å². The average molecular weight is 188 g/mol. The first-order valence-corrected chi connectivity index (χ1v) is 3.84. The summed E-state index contributed by atoms with van der Waals surface area (Å²) in [4.78, 5) is 19.3. The number of esters is 1. The van der Waals surface area contributed by atoms with Crippen molar-refractivity contribution < 1.29 is 19.1 Å². The van der Waals surface area contributed by atoms with Crippen LogP contribution < -0.4 is 0 Å². The van der Waals surface area contributed by atoms with Crippen molar-refractivity contribution in [2.24, 2.45) is 5.92 Å². The topological polar surface area (TPSA) is 52.6 Å². The Kier molecular flexibility index (Phi) is 11.7. The van der Waals surface area contributed by atoms with E-state index < -0.39 is 0 Å². The zero-order valence-corrected chi connectivity index (χ0v) is 8.28. The second kappa shape index (κ2) is 10.7. The predicted octanol–water partition coefficient (Wildman–Crippen LogP) is 1.16. The van der Waals surface area contributed by atoms with Gasteiger partial charge in [-0.25, -0.2) is 4.79 Å². The third kappa shape index (κ3) is 18.0. The maximum Gasteiger partial charge on any atom is 0.330 e. The normalized spacial score (nSPS) is 8.00. The molecule has 0 aliphatic heterocycles. The summed E-state index contributed by atoms with van der Waals surface area (Å²) in [7, 11) is 1.31. The molecule has 0 aromatic carbocycles. The lowest BCUT2D eigenvalue weighted by molar-refractivity contribution is -0.138. The van der Waals surface area contributed by atoms with Gasteiger partial charge < -0.3 is 9.47 Å². The number of carbonyl (C=O) groups is 2. The van der Waals surface area contributed by atoms with Gasteiger partial charge in [0.1, 0.15) is 0 Å². The lowest BCUT2D eigenvalue weighted by Crippen LogP contribution is -2.06. The second-order valence-electron chi connectivity index (χ2n) is 2.56. The molecule has 0 saturated heterocycles. The van der Waals surface area contributed by atoms with Gasteiger partial charge in [-0.1, -0.05) is 20.4 Å². The van der Waals surface area contributed by atoms with Crippen LogP contribution in [0.4, 0.5) is 0 Å². The zero-order valence-electron chi connectivity index (χ0n) is 8.28. The molecule has 0 fully saturated rings. The van der Waals surface area contributed by atoms with Gasteiger partial charge in [0.2, 0.25) is 0 Å². The number of rotatable bonds is 4. The average Bonchev–Trinajstić information content (AvgIpc) is 2.14. The van der Waals surface area contributed by atoms with Crippen LogP contribution in [0.5, 0.6) is 0 Å². The van der Waals surface area contributed by atoms with Crippen LogP contribution in [0.3, 0.4) is 0 Å². The molecule has 0 bridgehead atoms. The molecule has 0 spiro atoms. The van der Waals surface area contributed by atoms with E-state index >= 15 is 0 Å². The Labute approximate surface area is 78.5 Å². The van der Waals surface area contributed by atoms with Crippen molar-refractivity contribution in [1.29, 1.82) is 0 Å². The first-order valence-electron chi connectivity index (χ1n) is 3.84. The molecule has 0 aliphatic carbocycles. The van der Waals surface area contributed by atoms with Crippen molar-refractivity contribution in [3.63, 3.8) is 0 Å². The molecule has 4 nitrogen and oxygen atoms in total. The minimum Gasteiger partial charge on any atom is -0.471 e. The predicted molar refractivity (Wildman–Crippen MR) is 49.1 cm³/mol. The molecule has 13 heavy (non-hydrogen) atoms. The van der Waals surface area contributed by atoms with Gasteiger partial charge in [0.25, 0.3) is 6.47 Å². The Bertz CT molecular complexity index is 152. The van der Waals surface area contributed by atoms with Gasteiger partial charge in [0.05, 0.1) is 13.7 Å². The minimum atomic E-state index is -0.344. The van der Waals surface area contributed by atoms with E-state index in [1.807, 2.05) is 13.8 Å². The number of hydrogen-bond donors (Lipinski definition) is 0. The first kappa shape index (κ1) is 14.2. The van der Waals surface area contributed by atoms with Gasteiger partial charge in [-0.05, 0) is 5.92 Å². The molecule has 0 radical (unpaired) electrons. The molecule has 0 aromatic heterocycles. The Balaban J connectivity index is 0. The van der Waals surface area contributed by atoms with E-state index in [-0.39, 0.29) is 5.97 Å². The Morgan fingerprint density at radius 3 is 2.23 bits per heavy atom. The summed E-state index contributed by atoms with van der Waals surface area (Å²) < 4.78 is 8.56. The van der Waals surface area contributed by atoms with E-state index in [0.29, 0.717) is 19.0 Å². The van der Waals surface area contributed by atoms with Crippen molar-refractivity contribution in [3.8, 4) is 0 Å².